The van der Waals surface area contributed by atoms with Crippen molar-refractivity contribution >= 4 is 75.8 Å². The van der Waals surface area contributed by atoms with Crippen LogP contribution < -0.4 is 0 Å². The van der Waals surface area contributed by atoms with Gasteiger partial charge in [-0.2, -0.15) is 63.1 Å². The molecule has 0 saturated carbocycles. The van der Waals surface area contributed by atoms with Crippen LogP contribution in [-0.2, 0) is 0 Å². The van der Waals surface area contributed by atoms with E-state index in [9.17, 15) is 0 Å². The van der Waals surface area contributed by atoms with Gasteiger partial charge in [-0.15, -0.1) is 12.6 Å². The van der Waals surface area contributed by atoms with Crippen LogP contribution >= 0.6 is 75.8 Å². The predicted octanol–water partition coefficient (Wildman–Crippen LogP) is 19.5. The molecule has 0 aliphatic carbocycles. The van der Waals surface area contributed by atoms with E-state index in [1.807, 2.05) is 0 Å². The minimum Gasteiger partial charge on any atom is -0.358 e. The topological polar surface area (TPSA) is 3.24 Å². The van der Waals surface area contributed by atoms with Gasteiger partial charge >= 0.3 is 0 Å². The Labute approximate surface area is 410 Å². The lowest BCUT2D eigenvalue weighted by atomic mass is 9.90. The molecule has 356 valence electrons. The van der Waals surface area contributed by atoms with Crippen molar-refractivity contribution in [1.82, 2.24) is 4.90 Å². The van der Waals surface area contributed by atoms with Crippen molar-refractivity contribution in [3.8, 4) is 0 Å². The highest BCUT2D eigenvalue weighted by Crippen LogP contribution is 2.42. The quantitative estimate of drug-likeness (QED) is 0.0262. The van der Waals surface area contributed by atoms with E-state index in [0.717, 1.165) is 29.6 Å². The second kappa shape index (κ2) is 46.9. The van der Waals surface area contributed by atoms with Crippen LogP contribution in [0.1, 0.15) is 276 Å². The van der Waals surface area contributed by atoms with Crippen molar-refractivity contribution in [2.24, 2.45) is 0 Å². The number of nitrogens with zero attached hydrogens (tertiary/aromatic N) is 1. The van der Waals surface area contributed by atoms with Gasteiger partial charge in [0.05, 0.1) is 5.37 Å². The van der Waals surface area contributed by atoms with Crippen LogP contribution in [0.15, 0.2) is 21.7 Å². The lowest BCUT2D eigenvalue weighted by Gasteiger charge is -2.41. The van der Waals surface area contributed by atoms with Gasteiger partial charge in [0.15, 0.2) is 0 Å². The van der Waals surface area contributed by atoms with Gasteiger partial charge in [-0.25, -0.2) is 0 Å². The largest absolute Gasteiger partial charge is 0.358 e. The Morgan fingerprint density at radius 1 is 0.300 bits per heavy atom. The zero-order valence-corrected chi connectivity index (χ0v) is 45.0. The van der Waals surface area contributed by atoms with E-state index in [1.54, 1.807) is 11.1 Å². The van der Waals surface area contributed by atoms with Gasteiger partial charge in [0.1, 0.15) is 0 Å². The molecule has 0 saturated heterocycles. The maximum Gasteiger partial charge on any atom is 0.0940 e. The fourth-order valence-corrected chi connectivity index (χ4v) is 11.3. The van der Waals surface area contributed by atoms with E-state index in [1.165, 1.54) is 287 Å². The minimum atomic E-state index is 0.227. The van der Waals surface area contributed by atoms with E-state index in [2.05, 4.69) is 55.4 Å². The first-order chi connectivity index (χ1) is 29.6. The van der Waals surface area contributed by atoms with Crippen molar-refractivity contribution in [3.05, 3.63) is 21.7 Å². The second-order valence-corrected chi connectivity index (χ2v) is 21.4. The third-order valence-corrected chi connectivity index (χ3v) is 15.6. The molecule has 0 N–H and O–H groups in total. The molecule has 7 heteroatoms. The molecule has 1 atom stereocenters. The summed E-state index contributed by atoms with van der Waals surface area (Å²) in [5.41, 5.74) is 4.77. The van der Waals surface area contributed by atoms with Gasteiger partial charge in [-0.1, -0.05) is 205 Å². The highest BCUT2D eigenvalue weighted by atomic mass is 32.1. The molecule has 0 aromatic heterocycles. The molecular weight excluding hydrogens is 843 g/mol. The molecule has 1 aliphatic rings. The zero-order chi connectivity index (χ0) is 43.4. The summed E-state index contributed by atoms with van der Waals surface area (Å²) in [6.45, 7) is 1.14. The van der Waals surface area contributed by atoms with Gasteiger partial charge in [-0.3, -0.25) is 0 Å². The van der Waals surface area contributed by atoms with Crippen molar-refractivity contribution < 1.29 is 0 Å². The van der Waals surface area contributed by atoms with Crippen molar-refractivity contribution in [1.29, 1.82) is 0 Å². The van der Waals surface area contributed by atoms with Gasteiger partial charge < -0.3 is 4.90 Å². The first-order valence-electron chi connectivity index (χ1n) is 26.6. The van der Waals surface area contributed by atoms with Crippen LogP contribution in [0.3, 0.4) is 0 Å². The summed E-state index contributed by atoms with van der Waals surface area (Å²) in [6, 6.07) is 0. The minimum absolute atomic E-state index is 0.227. The number of rotatable bonds is 48. The summed E-state index contributed by atoms with van der Waals surface area (Å²) in [4.78, 5) is 4.11. The summed E-state index contributed by atoms with van der Waals surface area (Å²) in [5.74, 6) is 4.17. The molecule has 1 unspecified atom stereocenters. The van der Waals surface area contributed by atoms with E-state index in [4.69, 9.17) is 25.3 Å². The third-order valence-electron chi connectivity index (χ3n) is 13.2. The van der Waals surface area contributed by atoms with Gasteiger partial charge in [-0.05, 0) is 105 Å². The number of hydrogen-bond acceptors (Lipinski definition) is 7. The Kier molecular flexibility index (Phi) is 46.4. The molecule has 1 heterocycles. The fraction of sp³-hybridized carbons (Fsp3) is 0.925. The SMILES string of the molecule is SCCCCCCCCCCCCC1=C(CCCCCCCCCCCCS)C(S)N(CCCCCCCCCCCCS)C(CCCCCCCCCCCCS)=C1S. The monoisotopic (exact) mass is 946 g/mol. The summed E-state index contributed by atoms with van der Waals surface area (Å²) in [5, 5.41) is 0.227. The lowest BCUT2D eigenvalue weighted by Crippen LogP contribution is -2.37. The zero-order valence-electron chi connectivity index (χ0n) is 39.6. The Balaban J connectivity index is 2.88. The summed E-state index contributed by atoms with van der Waals surface area (Å²) in [7, 11) is 0. The van der Waals surface area contributed by atoms with Crippen LogP contribution in [0.25, 0.3) is 0 Å². The molecule has 0 aromatic rings. The summed E-state index contributed by atoms with van der Waals surface area (Å²) in [6.07, 6.45) is 58.3. The van der Waals surface area contributed by atoms with Gasteiger partial charge in [0, 0.05) is 17.1 Å². The normalized spacial score (nSPS) is 14.7. The number of unbranched alkanes of at least 4 members (excludes halogenated alkanes) is 36. The Hall–Kier alpha value is 1.38. The first kappa shape index (κ1) is 59.4. The standard InChI is InChI=1S/C53H103NS6/c55-45-37-29-21-13-5-1-9-17-25-33-41-49-50(42-34-26-18-10-2-6-14-22-30-38-46-56)53(60)54(44-36-28-20-12-4-8-16-24-32-40-48-58)51(52(49)59)43-35-27-19-11-3-7-15-23-31-39-47-57/h53,55-60H,1-48H2. The number of thiol groups is 6. The van der Waals surface area contributed by atoms with Crippen molar-refractivity contribution in [2.45, 2.75) is 281 Å². The predicted molar refractivity (Wildman–Crippen MR) is 296 cm³/mol. The molecule has 0 fully saturated rings. The molecule has 0 radical (unpaired) electrons. The van der Waals surface area contributed by atoms with Crippen molar-refractivity contribution in [3.63, 3.8) is 0 Å². The van der Waals surface area contributed by atoms with Crippen LogP contribution in [0.2, 0.25) is 0 Å². The van der Waals surface area contributed by atoms with E-state index >= 15 is 0 Å². The van der Waals surface area contributed by atoms with Crippen LogP contribution in [0.4, 0.5) is 0 Å². The van der Waals surface area contributed by atoms with Crippen LogP contribution in [0, 0.1) is 0 Å². The van der Waals surface area contributed by atoms with E-state index in [0.29, 0.717) is 0 Å². The fourth-order valence-electron chi connectivity index (χ4n) is 9.33. The Bertz CT molecular complexity index is 969. The summed E-state index contributed by atoms with van der Waals surface area (Å²) < 4.78 is 0. The number of hydrogen-bond donors (Lipinski definition) is 6. The third kappa shape index (κ3) is 33.8. The highest BCUT2D eigenvalue weighted by molar-refractivity contribution is 7.85. The second-order valence-electron chi connectivity index (χ2n) is 18.7. The lowest BCUT2D eigenvalue weighted by molar-refractivity contribution is 0.309. The summed E-state index contributed by atoms with van der Waals surface area (Å²) >= 11 is 28.6. The smallest absolute Gasteiger partial charge is 0.0940 e. The maximum atomic E-state index is 5.57. The number of allylic oxidation sites excluding steroid dienone is 2. The molecular formula is C53H103NS6. The molecule has 0 bridgehead atoms. The molecule has 0 aromatic carbocycles. The van der Waals surface area contributed by atoms with Crippen molar-refractivity contribution in [2.75, 3.05) is 29.6 Å². The van der Waals surface area contributed by atoms with Crippen LogP contribution in [-0.4, -0.2) is 39.8 Å². The molecule has 0 amide bonds. The molecule has 0 spiro atoms. The molecule has 1 nitrogen and oxygen atoms in total. The Morgan fingerprint density at radius 3 is 0.867 bits per heavy atom. The maximum absolute atomic E-state index is 5.57. The Morgan fingerprint density at radius 2 is 0.550 bits per heavy atom. The molecule has 60 heavy (non-hydrogen) atoms. The molecule has 1 aliphatic heterocycles. The van der Waals surface area contributed by atoms with Gasteiger partial charge in [0.2, 0.25) is 0 Å². The average molecular weight is 947 g/mol. The van der Waals surface area contributed by atoms with Gasteiger partial charge in [0.25, 0.3) is 0 Å². The highest BCUT2D eigenvalue weighted by Gasteiger charge is 2.30. The van der Waals surface area contributed by atoms with E-state index in [-0.39, 0.29) is 5.37 Å². The van der Waals surface area contributed by atoms with Crippen LogP contribution in [0.5, 0.6) is 0 Å². The molecule has 1 rings (SSSR count). The van der Waals surface area contributed by atoms with E-state index < -0.39 is 0 Å². The first-order valence-corrected chi connectivity index (χ1v) is 30.1. The average Bonchev–Trinajstić information content (AvgIpc) is 3.25.